The quantitative estimate of drug-likeness (QED) is 0.929. The van der Waals surface area contributed by atoms with E-state index in [0.717, 1.165) is 24.0 Å². The molecule has 1 atom stereocenters. The third-order valence-corrected chi connectivity index (χ3v) is 3.73. The highest BCUT2D eigenvalue weighted by Crippen LogP contribution is 2.25. The first-order valence-corrected chi connectivity index (χ1v) is 6.95. The van der Waals surface area contributed by atoms with Gasteiger partial charge < -0.3 is 14.6 Å². The van der Waals surface area contributed by atoms with Gasteiger partial charge in [-0.2, -0.15) is 4.98 Å². The zero-order chi connectivity index (χ0) is 14.7. The number of nitrogens with zero attached hydrogens (tertiary/aromatic N) is 2. The summed E-state index contributed by atoms with van der Waals surface area (Å²) in [6.45, 7) is 2.97. The minimum absolute atomic E-state index is 0.0535. The van der Waals surface area contributed by atoms with Crippen LogP contribution in [0.5, 0.6) is 0 Å². The molecule has 1 aliphatic heterocycles. The standard InChI is InChI=1S/C15H17N3O3/c1-15(7-2-8-20-15)14(19)16-9-11-3-5-12(6-4-11)13-17-10-21-18-13/h3-6,10H,2,7-9H2,1H3,(H,16,19)/t15-/m0/s1. The Hall–Kier alpha value is -2.21. The van der Waals surface area contributed by atoms with Crippen molar-refractivity contribution in [3.05, 3.63) is 36.2 Å². The fourth-order valence-electron chi connectivity index (χ4n) is 2.40. The molecule has 1 N–H and O–H groups in total. The van der Waals surface area contributed by atoms with Crippen molar-refractivity contribution in [2.24, 2.45) is 0 Å². The number of hydrogen-bond acceptors (Lipinski definition) is 5. The van der Waals surface area contributed by atoms with Gasteiger partial charge in [0, 0.05) is 18.7 Å². The second kappa shape index (κ2) is 5.65. The Bertz CT molecular complexity index is 602. The molecule has 0 unspecified atom stereocenters. The van der Waals surface area contributed by atoms with E-state index in [1.165, 1.54) is 6.39 Å². The molecule has 0 saturated carbocycles. The van der Waals surface area contributed by atoms with Gasteiger partial charge in [-0.3, -0.25) is 4.79 Å². The van der Waals surface area contributed by atoms with E-state index in [9.17, 15) is 4.79 Å². The second-order valence-corrected chi connectivity index (χ2v) is 5.32. The van der Waals surface area contributed by atoms with Crippen molar-refractivity contribution in [2.45, 2.75) is 31.9 Å². The van der Waals surface area contributed by atoms with E-state index in [1.807, 2.05) is 31.2 Å². The van der Waals surface area contributed by atoms with E-state index in [0.29, 0.717) is 19.0 Å². The number of aromatic nitrogens is 2. The Morgan fingerprint density at radius 1 is 1.38 bits per heavy atom. The van der Waals surface area contributed by atoms with Gasteiger partial charge in [0.05, 0.1) is 0 Å². The number of carbonyl (C=O) groups is 1. The molecule has 0 bridgehead atoms. The lowest BCUT2D eigenvalue weighted by atomic mass is 10.0. The lowest BCUT2D eigenvalue weighted by molar-refractivity contribution is -0.139. The van der Waals surface area contributed by atoms with Gasteiger partial charge in [-0.25, -0.2) is 0 Å². The molecule has 0 spiro atoms. The monoisotopic (exact) mass is 287 g/mol. The summed E-state index contributed by atoms with van der Waals surface area (Å²) in [6.07, 6.45) is 3.00. The first-order chi connectivity index (χ1) is 10.2. The van der Waals surface area contributed by atoms with Crippen molar-refractivity contribution in [2.75, 3.05) is 6.61 Å². The lowest BCUT2D eigenvalue weighted by Crippen LogP contribution is -2.43. The van der Waals surface area contributed by atoms with E-state index in [4.69, 9.17) is 9.26 Å². The molecular formula is C15H17N3O3. The summed E-state index contributed by atoms with van der Waals surface area (Å²) in [4.78, 5) is 16.1. The Balaban J connectivity index is 1.60. The van der Waals surface area contributed by atoms with E-state index < -0.39 is 5.60 Å². The molecule has 1 amide bonds. The first kappa shape index (κ1) is 13.8. The Morgan fingerprint density at radius 3 is 2.81 bits per heavy atom. The predicted molar refractivity (Wildman–Crippen MR) is 75.2 cm³/mol. The Morgan fingerprint density at radius 2 is 2.19 bits per heavy atom. The summed E-state index contributed by atoms with van der Waals surface area (Å²) in [7, 11) is 0. The van der Waals surface area contributed by atoms with Crippen molar-refractivity contribution in [1.82, 2.24) is 15.5 Å². The first-order valence-electron chi connectivity index (χ1n) is 6.95. The van der Waals surface area contributed by atoms with Crippen LogP contribution in [0.25, 0.3) is 11.4 Å². The average molecular weight is 287 g/mol. The normalized spacial score (nSPS) is 21.4. The molecule has 6 heteroatoms. The highest BCUT2D eigenvalue weighted by Gasteiger charge is 2.37. The van der Waals surface area contributed by atoms with Crippen LogP contribution in [0.2, 0.25) is 0 Å². The maximum absolute atomic E-state index is 12.1. The third kappa shape index (κ3) is 2.95. The van der Waals surface area contributed by atoms with Crippen molar-refractivity contribution in [3.8, 4) is 11.4 Å². The van der Waals surface area contributed by atoms with Gasteiger partial charge >= 0.3 is 0 Å². The summed E-state index contributed by atoms with van der Waals surface area (Å²) < 4.78 is 10.2. The van der Waals surface area contributed by atoms with Gasteiger partial charge in [0.1, 0.15) is 5.60 Å². The van der Waals surface area contributed by atoms with Crippen LogP contribution < -0.4 is 5.32 Å². The lowest BCUT2D eigenvalue weighted by Gasteiger charge is -2.21. The van der Waals surface area contributed by atoms with Gasteiger partial charge in [0.25, 0.3) is 5.91 Å². The smallest absolute Gasteiger partial charge is 0.252 e. The van der Waals surface area contributed by atoms with Crippen LogP contribution in [0.15, 0.2) is 35.2 Å². The zero-order valence-electron chi connectivity index (χ0n) is 11.8. The van der Waals surface area contributed by atoms with Crippen LogP contribution in [-0.2, 0) is 16.1 Å². The van der Waals surface area contributed by atoms with Crippen LogP contribution in [-0.4, -0.2) is 28.3 Å². The number of carbonyl (C=O) groups excluding carboxylic acids is 1. The van der Waals surface area contributed by atoms with E-state index in [2.05, 4.69) is 15.5 Å². The van der Waals surface area contributed by atoms with Gasteiger partial charge in [-0.15, -0.1) is 0 Å². The maximum atomic E-state index is 12.1. The summed E-state index contributed by atoms with van der Waals surface area (Å²) in [5.74, 6) is 0.500. The molecule has 1 aliphatic rings. The SMILES string of the molecule is C[C@@]1(C(=O)NCc2ccc(-c3ncon3)cc2)CCCO1. The minimum atomic E-state index is -0.676. The summed E-state index contributed by atoms with van der Waals surface area (Å²) in [5, 5.41) is 6.70. The maximum Gasteiger partial charge on any atom is 0.252 e. The fraction of sp³-hybridized carbons (Fsp3) is 0.400. The van der Waals surface area contributed by atoms with Crippen LogP contribution in [0.1, 0.15) is 25.3 Å². The van der Waals surface area contributed by atoms with Crippen molar-refractivity contribution in [3.63, 3.8) is 0 Å². The minimum Gasteiger partial charge on any atom is -0.365 e. The molecule has 1 aromatic heterocycles. The van der Waals surface area contributed by atoms with Crippen LogP contribution in [0.3, 0.4) is 0 Å². The molecule has 0 radical (unpaired) electrons. The summed E-state index contributed by atoms with van der Waals surface area (Å²) in [6, 6.07) is 7.67. The number of nitrogens with one attached hydrogen (secondary N) is 1. The highest BCUT2D eigenvalue weighted by molar-refractivity contribution is 5.85. The fourth-order valence-corrected chi connectivity index (χ4v) is 2.40. The molecule has 21 heavy (non-hydrogen) atoms. The average Bonchev–Trinajstić information content (AvgIpc) is 3.17. The van der Waals surface area contributed by atoms with Gasteiger partial charge in [0.15, 0.2) is 0 Å². The highest BCUT2D eigenvalue weighted by atomic mass is 16.5. The number of rotatable bonds is 4. The molecule has 0 aliphatic carbocycles. The van der Waals surface area contributed by atoms with Gasteiger partial charge in [-0.05, 0) is 25.3 Å². The number of amides is 1. The van der Waals surface area contributed by atoms with Crippen LogP contribution in [0.4, 0.5) is 0 Å². The second-order valence-electron chi connectivity index (χ2n) is 5.32. The summed E-state index contributed by atoms with van der Waals surface area (Å²) in [5.41, 5.74) is 1.21. The summed E-state index contributed by atoms with van der Waals surface area (Å²) >= 11 is 0. The number of hydrogen-bond donors (Lipinski definition) is 1. The molecule has 1 fully saturated rings. The zero-order valence-corrected chi connectivity index (χ0v) is 11.8. The van der Waals surface area contributed by atoms with Crippen LogP contribution >= 0.6 is 0 Å². The Labute approximate surface area is 122 Å². The number of benzene rings is 1. The largest absolute Gasteiger partial charge is 0.365 e. The topological polar surface area (TPSA) is 77.3 Å². The molecular weight excluding hydrogens is 270 g/mol. The predicted octanol–water partition coefficient (Wildman–Crippen LogP) is 1.92. The Kier molecular flexibility index (Phi) is 3.70. The molecule has 110 valence electrons. The van der Waals surface area contributed by atoms with Gasteiger partial charge in [0.2, 0.25) is 12.2 Å². The van der Waals surface area contributed by atoms with Gasteiger partial charge in [-0.1, -0.05) is 29.4 Å². The van der Waals surface area contributed by atoms with Crippen LogP contribution in [0, 0.1) is 0 Å². The van der Waals surface area contributed by atoms with E-state index >= 15 is 0 Å². The molecule has 2 aromatic rings. The third-order valence-electron chi connectivity index (χ3n) is 3.73. The molecule has 3 rings (SSSR count). The van der Waals surface area contributed by atoms with E-state index in [1.54, 1.807) is 0 Å². The molecule has 6 nitrogen and oxygen atoms in total. The van der Waals surface area contributed by atoms with E-state index in [-0.39, 0.29) is 5.91 Å². The van der Waals surface area contributed by atoms with Crippen molar-refractivity contribution < 1.29 is 14.1 Å². The molecule has 2 heterocycles. The number of ether oxygens (including phenoxy) is 1. The molecule has 1 aromatic carbocycles. The van der Waals surface area contributed by atoms with Crippen molar-refractivity contribution >= 4 is 5.91 Å². The molecule has 1 saturated heterocycles. The van der Waals surface area contributed by atoms with Crippen molar-refractivity contribution in [1.29, 1.82) is 0 Å².